The zero-order chi connectivity index (χ0) is 18.7. The number of carboxylic acids is 1. The third-order valence-electron chi connectivity index (χ3n) is 4.03. The molecule has 6 nitrogen and oxygen atoms in total. The summed E-state index contributed by atoms with van der Waals surface area (Å²) in [4.78, 5) is 10.8. The summed E-state index contributed by atoms with van der Waals surface area (Å²) in [6.07, 6.45) is 0.860. The van der Waals surface area contributed by atoms with Gasteiger partial charge in [0.05, 0.1) is 0 Å². The molecule has 0 aliphatic heterocycles. The van der Waals surface area contributed by atoms with Crippen LogP contribution in [0.3, 0.4) is 0 Å². The molecular formula is C19H17FN2O4. The SMILES string of the molecule is O=C(O)CCCc1[nH]nc(-c2ccc(O)cc2O)c1-c1ccc(F)cc1. The molecule has 0 bridgehead atoms. The van der Waals surface area contributed by atoms with Crippen molar-refractivity contribution in [2.75, 3.05) is 0 Å². The van der Waals surface area contributed by atoms with E-state index in [4.69, 9.17) is 5.11 Å². The van der Waals surface area contributed by atoms with Crippen molar-refractivity contribution in [1.82, 2.24) is 10.2 Å². The van der Waals surface area contributed by atoms with Crippen LogP contribution in [0.25, 0.3) is 22.4 Å². The molecule has 0 fully saturated rings. The molecule has 0 amide bonds. The molecule has 2 aromatic carbocycles. The molecule has 134 valence electrons. The summed E-state index contributed by atoms with van der Waals surface area (Å²) in [7, 11) is 0. The standard InChI is InChI=1S/C19H17FN2O4/c20-12-6-4-11(5-7-12)18-15(2-1-3-17(25)26)21-22-19(18)14-9-8-13(23)10-16(14)24/h4-10,23-24H,1-3H2,(H,21,22)(H,25,26). The summed E-state index contributed by atoms with van der Waals surface area (Å²) in [5.74, 6) is -1.48. The normalized spacial score (nSPS) is 10.8. The number of aromatic nitrogens is 2. The first-order valence-electron chi connectivity index (χ1n) is 8.03. The molecule has 0 radical (unpaired) electrons. The Morgan fingerprint density at radius 3 is 2.50 bits per heavy atom. The van der Waals surface area contributed by atoms with Crippen LogP contribution in [0.2, 0.25) is 0 Å². The van der Waals surface area contributed by atoms with Crippen LogP contribution in [0.4, 0.5) is 4.39 Å². The minimum absolute atomic E-state index is 0.0155. The molecule has 0 saturated carbocycles. The summed E-state index contributed by atoms with van der Waals surface area (Å²) in [6, 6.07) is 10.0. The maximum absolute atomic E-state index is 13.3. The van der Waals surface area contributed by atoms with Crippen LogP contribution >= 0.6 is 0 Å². The molecule has 3 aromatic rings. The fraction of sp³-hybridized carbons (Fsp3) is 0.158. The average Bonchev–Trinajstić information content (AvgIpc) is 2.99. The molecule has 26 heavy (non-hydrogen) atoms. The second kappa shape index (κ2) is 7.26. The number of hydrogen-bond donors (Lipinski definition) is 4. The molecule has 0 aliphatic rings. The van der Waals surface area contributed by atoms with E-state index in [0.29, 0.717) is 40.9 Å². The van der Waals surface area contributed by atoms with Gasteiger partial charge in [-0.2, -0.15) is 5.10 Å². The monoisotopic (exact) mass is 356 g/mol. The Morgan fingerprint density at radius 2 is 1.85 bits per heavy atom. The molecule has 0 spiro atoms. The Bertz CT molecular complexity index is 935. The van der Waals surface area contributed by atoms with Gasteiger partial charge in [-0.15, -0.1) is 0 Å². The minimum Gasteiger partial charge on any atom is -0.508 e. The van der Waals surface area contributed by atoms with Crippen molar-refractivity contribution in [1.29, 1.82) is 0 Å². The van der Waals surface area contributed by atoms with Gasteiger partial charge in [0.1, 0.15) is 23.0 Å². The molecule has 0 aliphatic carbocycles. The van der Waals surface area contributed by atoms with Crippen molar-refractivity contribution >= 4 is 5.97 Å². The molecule has 7 heteroatoms. The van der Waals surface area contributed by atoms with E-state index < -0.39 is 5.97 Å². The molecule has 1 aromatic heterocycles. The predicted molar refractivity (Wildman–Crippen MR) is 93.3 cm³/mol. The Balaban J connectivity index is 2.07. The van der Waals surface area contributed by atoms with Crippen LogP contribution in [-0.4, -0.2) is 31.5 Å². The number of phenols is 2. The van der Waals surface area contributed by atoms with E-state index in [1.165, 1.54) is 30.3 Å². The Labute approximate surface area is 148 Å². The van der Waals surface area contributed by atoms with E-state index >= 15 is 0 Å². The number of aryl methyl sites for hydroxylation is 1. The number of aliphatic carboxylic acids is 1. The molecule has 0 saturated heterocycles. The van der Waals surface area contributed by atoms with Crippen LogP contribution in [0.15, 0.2) is 42.5 Å². The van der Waals surface area contributed by atoms with E-state index in [9.17, 15) is 19.4 Å². The third-order valence-corrected chi connectivity index (χ3v) is 4.03. The van der Waals surface area contributed by atoms with Crippen LogP contribution in [-0.2, 0) is 11.2 Å². The lowest BCUT2D eigenvalue weighted by molar-refractivity contribution is -0.137. The first-order valence-corrected chi connectivity index (χ1v) is 8.03. The first kappa shape index (κ1) is 17.5. The van der Waals surface area contributed by atoms with Crippen molar-refractivity contribution in [3.8, 4) is 33.9 Å². The molecule has 0 atom stereocenters. The lowest BCUT2D eigenvalue weighted by atomic mass is 9.96. The van der Waals surface area contributed by atoms with Crippen molar-refractivity contribution < 1.29 is 24.5 Å². The van der Waals surface area contributed by atoms with Gasteiger partial charge in [-0.05, 0) is 42.7 Å². The molecule has 3 rings (SSSR count). The zero-order valence-corrected chi connectivity index (χ0v) is 13.7. The molecule has 4 N–H and O–H groups in total. The van der Waals surface area contributed by atoms with Gasteiger partial charge in [-0.3, -0.25) is 9.89 Å². The highest BCUT2D eigenvalue weighted by molar-refractivity contribution is 5.85. The number of carbonyl (C=O) groups is 1. The third kappa shape index (κ3) is 3.66. The van der Waals surface area contributed by atoms with Gasteiger partial charge in [-0.1, -0.05) is 12.1 Å². The number of hydrogen-bond acceptors (Lipinski definition) is 4. The van der Waals surface area contributed by atoms with E-state index in [0.717, 1.165) is 0 Å². The summed E-state index contributed by atoms with van der Waals surface area (Å²) in [5.41, 5.74) is 2.90. The van der Waals surface area contributed by atoms with Crippen molar-refractivity contribution in [3.05, 3.63) is 54.0 Å². The van der Waals surface area contributed by atoms with Crippen molar-refractivity contribution in [3.63, 3.8) is 0 Å². The maximum atomic E-state index is 13.3. The van der Waals surface area contributed by atoms with Crippen LogP contribution in [0, 0.1) is 5.82 Å². The minimum atomic E-state index is -0.885. The fourth-order valence-electron chi connectivity index (χ4n) is 2.82. The van der Waals surface area contributed by atoms with E-state index in [2.05, 4.69) is 10.2 Å². The highest BCUT2D eigenvalue weighted by Gasteiger charge is 2.19. The highest BCUT2D eigenvalue weighted by atomic mass is 19.1. The second-order valence-electron chi connectivity index (χ2n) is 5.88. The lowest BCUT2D eigenvalue weighted by Gasteiger charge is -2.08. The average molecular weight is 356 g/mol. The highest BCUT2D eigenvalue weighted by Crippen LogP contribution is 2.39. The maximum Gasteiger partial charge on any atom is 0.303 e. The number of carboxylic acid groups (broad SMARTS) is 1. The van der Waals surface area contributed by atoms with Gasteiger partial charge in [0.2, 0.25) is 0 Å². The summed E-state index contributed by atoms with van der Waals surface area (Å²) in [6.45, 7) is 0. The number of halogens is 1. The van der Waals surface area contributed by atoms with Crippen LogP contribution in [0.1, 0.15) is 18.5 Å². The number of nitrogens with one attached hydrogen (secondary N) is 1. The Kier molecular flexibility index (Phi) is 4.88. The lowest BCUT2D eigenvalue weighted by Crippen LogP contribution is -1.97. The number of aromatic hydroxyl groups is 2. The van der Waals surface area contributed by atoms with Gasteiger partial charge in [-0.25, -0.2) is 4.39 Å². The van der Waals surface area contributed by atoms with Crippen LogP contribution < -0.4 is 0 Å². The number of phenolic OH excluding ortho intramolecular Hbond substituents is 2. The van der Waals surface area contributed by atoms with Gasteiger partial charge in [0, 0.05) is 29.3 Å². The largest absolute Gasteiger partial charge is 0.508 e. The topological polar surface area (TPSA) is 106 Å². The van der Waals surface area contributed by atoms with Crippen molar-refractivity contribution in [2.24, 2.45) is 0 Å². The van der Waals surface area contributed by atoms with E-state index in [1.807, 2.05) is 0 Å². The quantitative estimate of drug-likeness (QED) is 0.539. The number of H-pyrrole nitrogens is 1. The summed E-state index contributed by atoms with van der Waals surface area (Å²) < 4.78 is 13.3. The number of aromatic amines is 1. The second-order valence-corrected chi connectivity index (χ2v) is 5.88. The van der Waals surface area contributed by atoms with Gasteiger partial charge >= 0.3 is 5.97 Å². The summed E-state index contributed by atoms with van der Waals surface area (Å²) in [5, 5.41) is 35.6. The smallest absolute Gasteiger partial charge is 0.303 e. The summed E-state index contributed by atoms with van der Waals surface area (Å²) >= 11 is 0. The molecule has 1 heterocycles. The van der Waals surface area contributed by atoms with Crippen LogP contribution in [0.5, 0.6) is 11.5 Å². The van der Waals surface area contributed by atoms with E-state index in [1.54, 1.807) is 12.1 Å². The van der Waals surface area contributed by atoms with Crippen molar-refractivity contribution in [2.45, 2.75) is 19.3 Å². The number of nitrogens with zero attached hydrogens (tertiary/aromatic N) is 1. The van der Waals surface area contributed by atoms with Gasteiger partial charge in [0.15, 0.2) is 0 Å². The van der Waals surface area contributed by atoms with E-state index in [-0.39, 0.29) is 23.7 Å². The molecular weight excluding hydrogens is 339 g/mol. The number of benzene rings is 2. The van der Waals surface area contributed by atoms with Gasteiger partial charge in [0.25, 0.3) is 0 Å². The zero-order valence-electron chi connectivity index (χ0n) is 13.7. The number of rotatable bonds is 6. The Hall–Kier alpha value is -3.35. The fourth-order valence-corrected chi connectivity index (χ4v) is 2.82. The first-order chi connectivity index (χ1) is 12.5. The van der Waals surface area contributed by atoms with Gasteiger partial charge < -0.3 is 15.3 Å². The predicted octanol–water partition coefficient (Wildman–Crippen LogP) is 3.70. The molecule has 0 unspecified atom stereocenters. The Morgan fingerprint density at radius 1 is 1.12 bits per heavy atom.